The van der Waals surface area contributed by atoms with Crippen LogP contribution in [0.2, 0.25) is 0 Å². The number of halogens is 3. The fourth-order valence-corrected chi connectivity index (χ4v) is 2.93. The molecule has 0 aliphatic carbocycles. The third-order valence-electron chi connectivity index (χ3n) is 2.44. The summed E-state index contributed by atoms with van der Waals surface area (Å²) >= 11 is 0. The summed E-state index contributed by atoms with van der Waals surface area (Å²) in [7, 11) is -4.37. The van der Waals surface area contributed by atoms with Crippen LogP contribution in [0.3, 0.4) is 0 Å². The monoisotopic (exact) mass is 327 g/mol. The van der Waals surface area contributed by atoms with Gasteiger partial charge in [-0.25, -0.2) is 13.4 Å². The first-order chi connectivity index (χ1) is 9.70. The molecule has 1 heterocycles. The van der Waals surface area contributed by atoms with Gasteiger partial charge in [-0.05, 0) is 19.1 Å². The molecule has 1 aromatic rings. The quantitative estimate of drug-likeness (QED) is 0.782. The summed E-state index contributed by atoms with van der Waals surface area (Å²) in [5.74, 6) is 0.418. The highest BCUT2D eigenvalue weighted by atomic mass is 32.2. The van der Waals surface area contributed by atoms with Gasteiger partial charge >= 0.3 is 6.18 Å². The largest absolute Gasteiger partial charge is 0.402 e. The Labute approximate surface area is 120 Å². The van der Waals surface area contributed by atoms with E-state index in [0.29, 0.717) is 12.4 Å². The van der Waals surface area contributed by atoms with E-state index in [2.05, 4.69) is 10.3 Å². The molecule has 0 spiro atoms. The van der Waals surface area contributed by atoms with Crippen molar-refractivity contribution in [3.05, 3.63) is 18.3 Å². The third-order valence-corrected chi connectivity index (χ3v) is 4.27. The SMILES string of the molecule is CCNc1ccc(S(=O)(=O)N(CCO)CC(F)(F)F)cn1. The number of aliphatic hydroxyl groups excluding tert-OH is 1. The Balaban J connectivity index is 3.04. The van der Waals surface area contributed by atoms with Crippen LogP contribution in [0.5, 0.6) is 0 Å². The molecule has 0 amide bonds. The summed E-state index contributed by atoms with van der Waals surface area (Å²) in [6.45, 7) is -0.623. The summed E-state index contributed by atoms with van der Waals surface area (Å²) in [6.07, 6.45) is -3.71. The average molecular weight is 327 g/mol. The van der Waals surface area contributed by atoms with Gasteiger partial charge in [-0.2, -0.15) is 17.5 Å². The standard InChI is InChI=1S/C11H16F3N3O3S/c1-2-15-10-4-3-9(7-16-10)21(19,20)17(5-6-18)8-11(12,13)14/h3-4,7,18H,2,5-6,8H2,1H3,(H,15,16). The van der Waals surface area contributed by atoms with Crippen molar-refractivity contribution in [1.82, 2.24) is 9.29 Å². The van der Waals surface area contributed by atoms with Gasteiger partial charge in [0.15, 0.2) is 0 Å². The molecule has 0 atom stereocenters. The van der Waals surface area contributed by atoms with Crippen molar-refractivity contribution in [2.24, 2.45) is 0 Å². The van der Waals surface area contributed by atoms with E-state index >= 15 is 0 Å². The van der Waals surface area contributed by atoms with Gasteiger partial charge in [-0.1, -0.05) is 0 Å². The number of hydrogen-bond acceptors (Lipinski definition) is 5. The summed E-state index contributed by atoms with van der Waals surface area (Å²) < 4.78 is 61.7. The number of pyridine rings is 1. The van der Waals surface area contributed by atoms with Crippen molar-refractivity contribution < 1.29 is 26.7 Å². The predicted molar refractivity (Wildman–Crippen MR) is 70.3 cm³/mol. The average Bonchev–Trinajstić information content (AvgIpc) is 2.38. The number of aliphatic hydroxyl groups is 1. The first-order valence-corrected chi connectivity index (χ1v) is 7.52. The number of nitrogens with zero attached hydrogens (tertiary/aromatic N) is 2. The molecule has 0 aliphatic heterocycles. The molecule has 1 aromatic heterocycles. The van der Waals surface area contributed by atoms with Crippen LogP contribution in [-0.2, 0) is 10.0 Å². The molecule has 0 bridgehead atoms. The minimum absolute atomic E-state index is 0.178. The molecule has 0 saturated carbocycles. The molecule has 6 nitrogen and oxygen atoms in total. The van der Waals surface area contributed by atoms with E-state index in [9.17, 15) is 21.6 Å². The van der Waals surface area contributed by atoms with Crippen molar-refractivity contribution in [3.63, 3.8) is 0 Å². The first-order valence-electron chi connectivity index (χ1n) is 6.08. The van der Waals surface area contributed by atoms with Crippen molar-refractivity contribution in [2.75, 3.05) is 31.6 Å². The smallest absolute Gasteiger partial charge is 0.395 e. The Bertz CT molecular complexity index is 546. The summed E-state index contributed by atoms with van der Waals surface area (Å²) in [6, 6.07) is 2.53. The van der Waals surface area contributed by atoms with Gasteiger partial charge in [0.05, 0.1) is 6.61 Å². The van der Waals surface area contributed by atoms with Crippen LogP contribution in [0, 0.1) is 0 Å². The van der Waals surface area contributed by atoms with Crippen molar-refractivity contribution in [1.29, 1.82) is 0 Å². The number of anilines is 1. The van der Waals surface area contributed by atoms with Crippen LogP contribution in [0.1, 0.15) is 6.92 Å². The molecule has 0 radical (unpaired) electrons. The normalized spacial score (nSPS) is 12.7. The number of aromatic nitrogens is 1. The molecule has 21 heavy (non-hydrogen) atoms. The topological polar surface area (TPSA) is 82.5 Å². The fraction of sp³-hybridized carbons (Fsp3) is 0.545. The van der Waals surface area contributed by atoms with Crippen LogP contribution in [-0.4, -0.2) is 55.2 Å². The Hall–Kier alpha value is -1.39. The van der Waals surface area contributed by atoms with E-state index in [0.717, 1.165) is 6.20 Å². The van der Waals surface area contributed by atoms with E-state index in [1.54, 1.807) is 0 Å². The maximum Gasteiger partial charge on any atom is 0.402 e. The number of hydrogen-bond donors (Lipinski definition) is 2. The van der Waals surface area contributed by atoms with Crippen LogP contribution in [0.4, 0.5) is 19.0 Å². The molecule has 1 rings (SSSR count). The molecule has 0 unspecified atom stereocenters. The molecule has 0 saturated heterocycles. The number of sulfonamides is 1. The van der Waals surface area contributed by atoms with Crippen molar-refractivity contribution in [2.45, 2.75) is 18.0 Å². The van der Waals surface area contributed by atoms with E-state index in [1.165, 1.54) is 12.1 Å². The molecular weight excluding hydrogens is 311 g/mol. The fourth-order valence-electron chi connectivity index (χ4n) is 1.56. The summed E-state index contributed by atoms with van der Waals surface area (Å²) in [4.78, 5) is 3.45. The maximum atomic E-state index is 12.4. The second-order valence-corrected chi connectivity index (χ2v) is 6.02. The van der Waals surface area contributed by atoms with Crippen LogP contribution in [0.15, 0.2) is 23.2 Å². The lowest BCUT2D eigenvalue weighted by atomic mass is 10.4. The highest BCUT2D eigenvalue weighted by molar-refractivity contribution is 7.89. The molecule has 0 fully saturated rings. The third kappa shape index (κ3) is 5.14. The Morgan fingerprint density at radius 1 is 1.38 bits per heavy atom. The van der Waals surface area contributed by atoms with Gasteiger partial charge in [0.25, 0.3) is 0 Å². The molecule has 0 aromatic carbocycles. The second-order valence-electron chi connectivity index (χ2n) is 4.09. The van der Waals surface area contributed by atoms with Gasteiger partial charge in [0.1, 0.15) is 17.3 Å². The van der Waals surface area contributed by atoms with Crippen LogP contribution >= 0.6 is 0 Å². The number of nitrogens with one attached hydrogen (secondary N) is 1. The molecule has 120 valence electrons. The summed E-state index contributed by atoms with van der Waals surface area (Å²) in [5, 5.41) is 11.6. The minimum atomic E-state index is -4.70. The molecular formula is C11H16F3N3O3S. The van der Waals surface area contributed by atoms with Gasteiger partial charge in [-0.15, -0.1) is 0 Å². The van der Waals surface area contributed by atoms with Gasteiger partial charge in [0.2, 0.25) is 10.0 Å². The molecule has 2 N–H and O–H groups in total. The van der Waals surface area contributed by atoms with E-state index in [4.69, 9.17) is 5.11 Å². The minimum Gasteiger partial charge on any atom is -0.395 e. The van der Waals surface area contributed by atoms with Crippen LogP contribution < -0.4 is 5.32 Å². The Morgan fingerprint density at radius 3 is 2.48 bits per heavy atom. The zero-order valence-corrected chi connectivity index (χ0v) is 12.1. The zero-order valence-electron chi connectivity index (χ0n) is 11.3. The first kappa shape index (κ1) is 17.7. The lowest BCUT2D eigenvalue weighted by molar-refractivity contribution is -0.136. The van der Waals surface area contributed by atoms with Gasteiger partial charge in [0, 0.05) is 19.3 Å². The lowest BCUT2D eigenvalue weighted by Gasteiger charge is -2.22. The van der Waals surface area contributed by atoms with E-state index in [1.807, 2.05) is 6.92 Å². The Morgan fingerprint density at radius 2 is 2.05 bits per heavy atom. The highest BCUT2D eigenvalue weighted by Gasteiger charge is 2.36. The second kappa shape index (κ2) is 7.05. The van der Waals surface area contributed by atoms with E-state index < -0.39 is 35.9 Å². The van der Waals surface area contributed by atoms with Crippen LogP contribution in [0.25, 0.3) is 0 Å². The number of alkyl halides is 3. The van der Waals surface area contributed by atoms with Gasteiger partial charge in [-0.3, -0.25) is 0 Å². The predicted octanol–water partition coefficient (Wildman–Crippen LogP) is 1.06. The summed E-state index contributed by atoms with van der Waals surface area (Å²) in [5.41, 5.74) is 0. The maximum absolute atomic E-state index is 12.4. The molecule has 10 heteroatoms. The molecule has 0 aliphatic rings. The number of rotatable bonds is 7. The van der Waals surface area contributed by atoms with E-state index in [-0.39, 0.29) is 9.20 Å². The van der Waals surface area contributed by atoms with Gasteiger partial charge < -0.3 is 10.4 Å². The zero-order chi connectivity index (χ0) is 16.1. The van der Waals surface area contributed by atoms with Crippen molar-refractivity contribution in [3.8, 4) is 0 Å². The highest BCUT2D eigenvalue weighted by Crippen LogP contribution is 2.22. The van der Waals surface area contributed by atoms with Crippen molar-refractivity contribution >= 4 is 15.8 Å². The lowest BCUT2D eigenvalue weighted by Crippen LogP contribution is -2.40. The Kier molecular flexibility index (Phi) is 5.93.